The van der Waals surface area contributed by atoms with Crippen molar-refractivity contribution in [1.29, 1.82) is 0 Å². The Bertz CT molecular complexity index is 849. The predicted octanol–water partition coefficient (Wildman–Crippen LogP) is 2.15. The minimum Gasteiger partial charge on any atom is -0.388 e. The number of amides is 2. The van der Waals surface area contributed by atoms with Gasteiger partial charge in [0, 0.05) is 25.2 Å². The lowest BCUT2D eigenvalue weighted by Gasteiger charge is -2.30. The van der Waals surface area contributed by atoms with Gasteiger partial charge in [-0.3, -0.25) is 9.59 Å². The number of carbonyl (C=O) groups excluding carboxylic acids is 2. The van der Waals surface area contributed by atoms with Crippen molar-refractivity contribution in [2.75, 3.05) is 19.6 Å². The van der Waals surface area contributed by atoms with Crippen LogP contribution in [-0.2, 0) is 17.8 Å². The predicted molar refractivity (Wildman–Crippen MR) is 97.5 cm³/mol. The Hall–Kier alpha value is -2.66. The lowest BCUT2D eigenvalue weighted by Crippen LogP contribution is -2.45. The molecule has 0 fully saturated rings. The van der Waals surface area contributed by atoms with Crippen molar-refractivity contribution in [3.63, 3.8) is 0 Å². The molecule has 0 saturated carbocycles. The summed E-state index contributed by atoms with van der Waals surface area (Å²) in [5.74, 6) is -0.142. The Morgan fingerprint density at radius 2 is 1.77 bits per heavy atom. The highest BCUT2D eigenvalue weighted by atomic mass is 16.3. The van der Waals surface area contributed by atoms with E-state index in [2.05, 4.69) is 0 Å². The van der Waals surface area contributed by atoms with Gasteiger partial charge in [-0.1, -0.05) is 42.5 Å². The van der Waals surface area contributed by atoms with Crippen molar-refractivity contribution in [2.45, 2.75) is 25.5 Å². The maximum Gasteiger partial charge on any atom is 0.254 e. The molecule has 2 aromatic carbocycles. The van der Waals surface area contributed by atoms with Crippen molar-refractivity contribution < 1.29 is 14.7 Å². The van der Waals surface area contributed by atoms with Crippen LogP contribution in [0.4, 0.5) is 0 Å². The van der Waals surface area contributed by atoms with E-state index in [1.54, 1.807) is 9.80 Å². The van der Waals surface area contributed by atoms with Crippen molar-refractivity contribution in [3.05, 3.63) is 70.8 Å². The molecule has 0 saturated heterocycles. The normalized spacial score (nSPS) is 19.6. The quantitative estimate of drug-likeness (QED) is 0.903. The average Bonchev–Trinajstić information content (AvgIpc) is 2.84. The van der Waals surface area contributed by atoms with E-state index in [1.165, 1.54) is 0 Å². The van der Waals surface area contributed by atoms with Crippen LogP contribution in [-0.4, -0.2) is 46.4 Å². The molecule has 0 bridgehead atoms. The third-order valence-electron chi connectivity index (χ3n) is 5.31. The fourth-order valence-corrected chi connectivity index (χ4v) is 3.82. The van der Waals surface area contributed by atoms with Gasteiger partial charge in [0.15, 0.2) is 0 Å². The monoisotopic (exact) mass is 350 g/mol. The minimum atomic E-state index is -0.549. The second-order valence-electron chi connectivity index (χ2n) is 6.95. The number of aliphatic hydroxyl groups is 1. The van der Waals surface area contributed by atoms with Crippen LogP contribution >= 0.6 is 0 Å². The molecule has 1 N–H and O–H groups in total. The number of carbonyl (C=O) groups is 2. The van der Waals surface area contributed by atoms with Crippen LogP contribution in [0, 0.1) is 0 Å². The fourth-order valence-electron chi connectivity index (χ4n) is 3.82. The second kappa shape index (κ2) is 6.92. The van der Waals surface area contributed by atoms with E-state index in [-0.39, 0.29) is 18.4 Å². The van der Waals surface area contributed by atoms with Crippen LogP contribution in [0.25, 0.3) is 0 Å². The minimum absolute atomic E-state index is 0.0679. The van der Waals surface area contributed by atoms with Gasteiger partial charge in [-0.05, 0) is 35.6 Å². The highest BCUT2D eigenvalue weighted by molar-refractivity contribution is 5.98. The van der Waals surface area contributed by atoms with E-state index in [4.69, 9.17) is 0 Å². The molecular formula is C21H22N2O3. The molecule has 0 radical (unpaired) electrons. The summed E-state index contributed by atoms with van der Waals surface area (Å²) < 4.78 is 0. The smallest absolute Gasteiger partial charge is 0.254 e. The number of hydrogen-bond acceptors (Lipinski definition) is 3. The van der Waals surface area contributed by atoms with E-state index in [0.29, 0.717) is 31.6 Å². The maximum absolute atomic E-state index is 12.8. The summed E-state index contributed by atoms with van der Waals surface area (Å²) in [5, 5.41) is 10.3. The first kappa shape index (κ1) is 16.8. The highest BCUT2D eigenvalue weighted by Crippen LogP contribution is 2.26. The van der Waals surface area contributed by atoms with Crippen LogP contribution in [0.3, 0.4) is 0 Å². The Morgan fingerprint density at radius 1 is 1.04 bits per heavy atom. The van der Waals surface area contributed by atoms with Crippen molar-refractivity contribution in [3.8, 4) is 0 Å². The largest absolute Gasteiger partial charge is 0.388 e. The summed E-state index contributed by atoms with van der Waals surface area (Å²) in [5.41, 5.74) is 3.61. The Morgan fingerprint density at radius 3 is 2.62 bits per heavy atom. The average molecular weight is 350 g/mol. The molecule has 2 aromatic rings. The molecule has 0 aliphatic carbocycles. The summed E-state index contributed by atoms with van der Waals surface area (Å²) in [6, 6.07) is 15.3. The van der Waals surface area contributed by atoms with E-state index in [0.717, 1.165) is 23.1 Å². The summed E-state index contributed by atoms with van der Waals surface area (Å²) >= 11 is 0. The number of rotatable bonds is 2. The summed E-state index contributed by atoms with van der Waals surface area (Å²) in [4.78, 5) is 28.9. The van der Waals surface area contributed by atoms with Crippen molar-refractivity contribution in [2.24, 2.45) is 0 Å². The first-order valence-corrected chi connectivity index (χ1v) is 9.04. The number of hydrogen-bond donors (Lipinski definition) is 1. The van der Waals surface area contributed by atoms with Crippen molar-refractivity contribution >= 4 is 11.8 Å². The van der Waals surface area contributed by atoms with Crippen LogP contribution in [0.1, 0.15) is 39.6 Å². The van der Waals surface area contributed by atoms with E-state index in [1.807, 2.05) is 48.5 Å². The molecule has 5 nitrogen and oxygen atoms in total. The zero-order valence-electron chi connectivity index (χ0n) is 14.6. The molecule has 134 valence electrons. The summed E-state index contributed by atoms with van der Waals surface area (Å²) in [6.07, 6.45) is 0.739. The summed E-state index contributed by atoms with van der Waals surface area (Å²) in [7, 11) is 0. The Kier molecular flexibility index (Phi) is 4.47. The zero-order chi connectivity index (χ0) is 18.1. The van der Waals surface area contributed by atoms with Crippen LogP contribution in [0.15, 0.2) is 48.5 Å². The molecule has 1 atom stereocenters. The van der Waals surface area contributed by atoms with Gasteiger partial charge in [0.05, 0.1) is 6.10 Å². The molecule has 2 aliphatic rings. The zero-order valence-corrected chi connectivity index (χ0v) is 14.6. The lowest BCUT2D eigenvalue weighted by atomic mass is 9.99. The standard InChI is InChI=1S/C21H22N2O3/c24-19-10-12-22(13-16-6-2-3-7-17(16)19)20(25)14-23-11-9-15-5-1-4-8-18(15)21(23)26/h1-8,19,24H,9-14H2. The SMILES string of the molecule is O=C(CN1CCc2ccccc2C1=O)N1CCC(O)c2ccccc2C1. The van der Waals surface area contributed by atoms with Gasteiger partial charge in [0.1, 0.15) is 6.54 Å². The third-order valence-corrected chi connectivity index (χ3v) is 5.31. The third kappa shape index (κ3) is 3.10. The van der Waals surface area contributed by atoms with E-state index < -0.39 is 6.10 Å². The molecule has 0 spiro atoms. The van der Waals surface area contributed by atoms with Gasteiger partial charge in [-0.15, -0.1) is 0 Å². The lowest BCUT2D eigenvalue weighted by molar-refractivity contribution is -0.132. The fraction of sp³-hybridized carbons (Fsp3) is 0.333. The van der Waals surface area contributed by atoms with Gasteiger partial charge in [0.25, 0.3) is 5.91 Å². The molecule has 2 aliphatic heterocycles. The highest BCUT2D eigenvalue weighted by Gasteiger charge is 2.29. The topological polar surface area (TPSA) is 60.9 Å². The van der Waals surface area contributed by atoms with Gasteiger partial charge in [-0.25, -0.2) is 0 Å². The van der Waals surface area contributed by atoms with Crippen LogP contribution in [0.2, 0.25) is 0 Å². The molecular weight excluding hydrogens is 328 g/mol. The number of fused-ring (bicyclic) bond motifs is 2. The molecule has 5 heteroatoms. The van der Waals surface area contributed by atoms with Crippen LogP contribution < -0.4 is 0 Å². The van der Waals surface area contributed by atoms with Gasteiger partial charge < -0.3 is 14.9 Å². The van der Waals surface area contributed by atoms with E-state index in [9.17, 15) is 14.7 Å². The van der Waals surface area contributed by atoms with Gasteiger partial charge in [0.2, 0.25) is 5.91 Å². The van der Waals surface area contributed by atoms with Crippen LogP contribution in [0.5, 0.6) is 0 Å². The molecule has 2 amide bonds. The molecule has 0 aromatic heterocycles. The molecule has 1 unspecified atom stereocenters. The van der Waals surface area contributed by atoms with Crippen molar-refractivity contribution in [1.82, 2.24) is 9.80 Å². The van der Waals surface area contributed by atoms with E-state index >= 15 is 0 Å². The first-order chi connectivity index (χ1) is 12.6. The Labute approximate surface area is 152 Å². The maximum atomic E-state index is 12.8. The van der Waals surface area contributed by atoms with Gasteiger partial charge >= 0.3 is 0 Å². The second-order valence-corrected chi connectivity index (χ2v) is 6.95. The number of benzene rings is 2. The van der Waals surface area contributed by atoms with Gasteiger partial charge in [-0.2, -0.15) is 0 Å². The number of nitrogens with zero attached hydrogens (tertiary/aromatic N) is 2. The molecule has 4 rings (SSSR count). The molecule has 2 heterocycles. The first-order valence-electron chi connectivity index (χ1n) is 9.04. The molecule has 26 heavy (non-hydrogen) atoms. The summed E-state index contributed by atoms with van der Waals surface area (Å²) in [6.45, 7) is 1.62. The Balaban J connectivity index is 1.48. The number of aliphatic hydroxyl groups excluding tert-OH is 1.